The molecule has 0 aromatic carbocycles. The van der Waals surface area contributed by atoms with Crippen LogP contribution in [0.3, 0.4) is 0 Å². The number of halogens is 1. The van der Waals surface area contributed by atoms with Gasteiger partial charge in [0.1, 0.15) is 0 Å². The Morgan fingerprint density at radius 2 is 1.82 bits per heavy atom. The van der Waals surface area contributed by atoms with Crippen LogP contribution in [0.1, 0.15) is 38.5 Å². The van der Waals surface area contributed by atoms with Crippen molar-refractivity contribution in [1.29, 1.82) is 0 Å². The molecule has 0 saturated heterocycles. The Balaban J connectivity index is 1.97. The van der Waals surface area contributed by atoms with Gasteiger partial charge in [-0.25, -0.2) is 0 Å². The second-order valence-corrected chi connectivity index (χ2v) is 5.70. The van der Waals surface area contributed by atoms with Gasteiger partial charge in [0.15, 0.2) is 0 Å². The van der Waals surface area contributed by atoms with Crippen molar-refractivity contribution in [3.63, 3.8) is 0 Å². The predicted molar refractivity (Wildman–Crippen MR) is 72.9 cm³/mol. The molecule has 0 aromatic rings. The lowest BCUT2D eigenvalue weighted by Crippen LogP contribution is -2.23. The monoisotopic (exact) mass is 308 g/mol. The molecule has 1 rings (SSSR count). The minimum atomic E-state index is 0.400. The van der Waals surface area contributed by atoms with E-state index in [1.165, 1.54) is 32.1 Å². The topological polar surface area (TPSA) is 27.7 Å². The first-order valence-electron chi connectivity index (χ1n) is 6.67. The van der Waals surface area contributed by atoms with Crippen molar-refractivity contribution in [2.75, 3.05) is 33.5 Å². The van der Waals surface area contributed by atoms with Crippen molar-refractivity contribution in [2.24, 2.45) is 0 Å². The average Bonchev–Trinajstić information content (AvgIpc) is 2.53. The van der Waals surface area contributed by atoms with Gasteiger partial charge in [0, 0.05) is 25.2 Å². The van der Waals surface area contributed by atoms with E-state index in [0.717, 1.165) is 19.6 Å². The molecular formula is C13H25BrO3. The van der Waals surface area contributed by atoms with Crippen molar-refractivity contribution < 1.29 is 14.2 Å². The summed E-state index contributed by atoms with van der Waals surface area (Å²) in [5.74, 6) is 0. The molecule has 2 unspecified atom stereocenters. The molecule has 4 heteroatoms. The van der Waals surface area contributed by atoms with E-state index in [2.05, 4.69) is 15.9 Å². The molecule has 1 aliphatic carbocycles. The molecule has 0 radical (unpaired) electrons. The molecule has 0 bridgehead atoms. The highest BCUT2D eigenvalue weighted by atomic mass is 79.9. The summed E-state index contributed by atoms with van der Waals surface area (Å²) >= 11 is 3.74. The van der Waals surface area contributed by atoms with Crippen molar-refractivity contribution in [2.45, 2.75) is 49.5 Å². The minimum absolute atomic E-state index is 0.400. The lowest BCUT2D eigenvalue weighted by atomic mass is 10.1. The van der Waals surface area contributed by atoms with Crippen molar-refractivity contribution in [3.05, 3.63) is 0 Å². The lowest BCUT2D eigenvalue weighted by Gasteiger charge is -2.20. The number of hydrogen-bond donors (Lipinski definition) is 0. The summed E-state index contributed by atoms with van der Waals surface area (Å²) < 4.78 is 16.2. The zero-order valence-electron chi connectivity index (χ0n) is 10.8. The van der Waals surface area contributed by atoms with Crippen LogP contribution in [0.4, 0.5) is 0 Å². The average molecular weight is 309 g/mol. The number of methoxy groups -OCH3 is 1. The highest BCUT2D eigenvalue weighted by Gasteiger charge is 2.21. The minimum Gasteiger partial charge on any atom is -0.382 e. The molecule has 0 aliphatic heterocycles. The Bertz CT molecular complexity index is 178. The highest BCUT2D eigenvalue weighted by molar-refractivity contribution is 9.09. The Morgan fingerprint density at radius 1 is 1.00 bits per heavy atom. The van der Waals surface area contributed by atoms with E-state index in [1.807, 2.05) is 0 Å². The first-order valence-corrected chi connectivity index (χ1v) is 7.58. The number of rotatable bonds is 8. The van der Waals surface area contributed by atoms with Crippen LogP contribution in [0.25, 0.3) is 0 Å². The van der Waals surface area contributed by atoms with Gasteiger partial charge >= 0.3 is 0 Å². The van der Waals surface area contributed by atoms with Crippen LogP contribution >= 0.6 is 15.9 Å². The Labute approximate surface area is 113 Å². The SMILES string of the molecule is COCCOCCCOC1CCCCCC1Br. The van der Waals surface area contributed by atoms with E-state index in [9.17, 15) is 0 Å². The van der Waals surface area contributed by atoms with Gasteiger partial charge < -0.3 is 14.2 Å². The van der Waals surface area contributed by atoms with E-state index in [4.69, 9.17) is 14.2 Å². The molecule has 0 spiro atoms. The van der Waals surface area contributed by atoms with E-state index < -0.39 is 0 Å². The summed E-state index contributed by atoms with van der Waals surface area (Å²) in [5.41, 5.74) is 0. The second kappa shape index (κ2) is 10.3. The van der Waals surface area contributed by atoms with Gasteiger partial charge in [0.05, 0.1) is 19.3 Å². The summed E-state index contributed by atoms with van der Waals surface area (Å²) in [4.78, 5) is 0.541. The van der Waals surface area contributed by atoms with Crippen LogP contribution in [0.15, 0.2) is 0 Å². The first kappa shape index (κ1) is 15.4. The van der Waals surface area contributed by atoms with Crippen molar-refractivity contribution >= 4 is 15.9 Å². The molecule has 1 fully saturated rings. The fourth-order valence-corrected chi connectivity index (χ4v) is 2.80. The molecule has 17 heavy (non-hydrogen) atoms. The summed E-state index contributed by atoms with van der Waals surface area (Å²) in [6.07, 6.45) is 7.79. The fourth-order valence-electron chi connectivity index (χ4n) is 2.06. The maximum absolute atomic E-state index is 5.92. The zero-order valence-corrected chi connectivity index (χ0v) is 12.4. The molecule has 0 N–H and O–H groups in total. The van der Waals surface area contributed by atoms with Gasteiger partial charge in [-0.1, -0.05) is 35.2 Å². The Morgan fingerprint density at radius 3 is 2.65 bits per heavy atom. The molecule has 1 saturated carbocycles. The van der Waals surface area contributed by atoms with E-state index in [0.29, 0.717) is 24.1 Å². The number of hydrogen-bond acceptors (Lipinski definition) is 3. The zero-order chi connectivity index (χ0) is 12.3. The first-order chi connectivity index (χ1) is 8.34. The third-order valence-electron chi connectivity index (χ3n) is 3.07. The predicted octanol–water partition coefficient (Wildman–Crippen LogP) is 3.15. The summed E-state index contributed by atoms with van der Waals surface area (Å²) in [6, 6.07) is 0. The maximum Gasteiger partial charge on any atom is 0.0700 e. The molecular weight excluding hydrogens is 284 g/mol. The van der Waals surface area contributed by atoms with Gasteiger partial charge in [-0.05, 0) is 19.3 Å². The lowest BCUT2D eigenvalue weighted by molar-refractivity contribution is 0.0210. The largest absolute Gasteiger partial charge is 0.382 e. The van der Waals surface area contributed by atoms with Crippen LogP contribution in [0, 0.1) is 0 Å². The highest BCUT2D eigenvalue weighted by Crippen LogP contribution is 2.25. The normalized spacial score (nSPS) is 25.8. The molecule has 3 nitrogen and oxygen atoms in total. The summed E-state index contributed by atoms with van der Waals surface area (Å²) in [5, 5.41) is 0. The Kier molecular flexibility index (Phi) is 9.34. The van der Waals surface area contributed by atoms with Crippen molar-refractivity contribution in [1.82, 2.24) is 0 Å². The van der Waals surface area contributed by atoms with E-state index >= 15 is 0 Å². The molecule has 102 valence electrons. The van der Waals surface area contributed by atoms with E-state index in [1.54, 1.807) is 7.11 Å². The smallest absolute Gasteiger partial charge is 0.0700 e. The molecule has 0 aromatic heterocycles. The van der Waals surface area contributed by atoms with Crippen LogP contribution < -0.4 is 0 Å². The van der Waals surface area contributed by atoms with Crippen LogP contribution in [0.5, 0.6) is 0 Å². The van der Waals surface area contributed by atoms with Gasteiger partial charge in [-0.3, -0.25) is 0 Å². The van der Waals surface area contributed by atoms with Crippen molar-refractivity contribution in [3.8, 4) is 0 Å². The third kappa shape index (κ3) is 7.39. The summed E-state index contributed by atoms with van der Waals surface area (Å²) in [6.45, 7) is 2.93. The second-order valence-electron chi connectivity index (χ2n) is 4.52. The quantitative estimate of drug-likeness (QED) is 0.392. The molecule has 0 heterocycles. The van der Waals surface area contributed by atoms with E-state index in [-0.39, 0.29) is 0 Å². The molecule has 0 amide bonds. The fraction of sp³-hybridized carbons (Fsp3) is 1.00. The van der Waals surface area contributed by atoms with Gasteiger partial charge in [-0.15, -0.1) is 0 Å². The van der Waals surface area contributed by atoms with Crippen LogP contribution in [0.2, 0.25) is 0 Å². The van der Waals surface area contributed by atoms with Gasteiger partial charge in [0.2, 0.25) is 0 Å². The van der Waals surface area contributed by atoms with Gasteiger partial charge in [0.25, 0.3) is 0 Å². The summed E-state index contributed by atoms with van der Waals surface area (Å²) in [7, 11) is 1.69. The van der Waals surface area contributed by atoms with Crippen LogP contribution in [-0.2, 0) is 14.2 Å². The standard InChI is InChI=1S/C13H25BrO3/c1-15-10-11-16-8-5-9-17-13-7-4-2-3-6-12(13)14/h12-13H,2-11H2,1H3. The molecule has 1 aliphatic rings. The third-order valence-corrected chi connectivity index (χ3v) is 4.12. The van der Waals surface area contributed by atoms with Crippen LogP contribution in [-0.4, -0.2) is 44.5 Å². The molecule has 2 atom stereocenters. The Hall–Kier alpha value is 0.360. The maximum atomic E-state index is 5.92. The van der Waals surface area contributed by atoms with Gasteiger partial charge in [-0.2, -0.15) is 0 Å². The number of alkyl halides is 1. The number of ether oxygens (including phenoxy) is 3.